The summed E-state index contributed by atoms with van der Waals surface area (Å²) in [4.78, 5) is 16.5. The van der Waals surface area contributed by atoms with E-state index in [2.05, 4.69) is 9.80 Å². The van der Waals surface area contributed by atoms with Gasteiger partial charge in [-0.3, -0.25) is 9.80 Å². The summed E-state index contributed by atoms with van der Waals surface area (Å²) in [5, 5.41) is 9.55. The van der Waals surface area contributed by atoms with E-state index in [1.54, 1.807) is 19.2 Å². The topological polar surface area (TPSA) is 62.2 Å². The number of piperazine rings is 1. The van der Waals surface area contributed by atoms with Crippen LogP contribution in [0.5, 0.6) is 11.5 Å². The maximum absolute atomic E-state index is 11.6. The second kappa shape index (κ2) is 6.76. The number of carbonyl (C=O) groups is 1. The molecule has 0 spiro atoms. The van der Waals surface area contributed by atoms with Gasteiger partial charge in [0.15, 0.2) is 0 Å². The third kappa shape index (κ3) is 3.28. The Morgan fingerprint density at radius 1 is 1.26 bits per heavy atom. The van der Waals surface area contributed by atoms with Gasteiger partial charge in [0.05, 0.1) is 19.8 Å². The van der Waals surface area contributed by atoms with Gasteiger partial charge in [-0.2, -0.15) is 0 Å². The zero-order chi connectivity index (χ0) is 16.4. The van der Waals surface area contributed by atoms with Gasteiger partial charge in [-0.15, -0.1) is 0 Å². The smallest absolute Gasteiger partial charge is 0.336 e. The summed E-state index contributed by atoms with van der Waals surface area (Å²) in [5.41, 5.74) is 0.988. The number of aromatic carboxylic acids is 1. The van der Waals surface area contributed by atoms with Gasteiger partial charge in [0, 0.05) is 43.9 Å². The molecule has 2 fully saturated rings. The molecule has 2 aliphatic heterocycles. The van der Waals surface area contributed by atoms with Gasteiger partial charge in [-0.25, -0.2) is 4.79 Å². The summed E-state index contributed by atoms with van der Waals surface area (Å²) in [6.45, 7) is 4.81. The monoisotopic (exact) mass is 320 g/mol. The van der Waals surface area contributed by atoms with Crippen molar-refractivity contribution in [3.8, 4) is 11.5 Å². The Hall–Kier alpha value is -1.79. The Morgan fingerprint density at radius 3 is 2.78 bits per heavy atom. The predicted octanol–water partition coefficient (Wildman–Crippen LogP) is 1.68. The van der Waals surface area contributed by atoms with E-state index in [-0.39, 0.29) is 5.56 Å². The number of hydrogen-bond donors (Lipinski definition) is 1. The number of carboxylic acids is 1. The van der Waals surface area contributed by atoms with E-state index >= 15 is 0 Å². The maximum atomic E-state index is 11.6. The molecule has 2 aliphatic rings. The van der Waals surface area contributed by atoms with Crippen LogP contribution >= 0.6 is 0 Å². The third-order valence-corrected chi connectivity index (χ3v) is 4.92. The molecule has 0 aliphatic carbocycles. The molecular weight excluding hydrogens is 296 g/mol. The lowest BCUT2D eigenvalue weighted by molar-refractivity contribution is 0.0689. The number of carboxylic acid groups (broad SMARTS) is 1. The van der Waals surface area contributed by atoms with Crippen LogP contribution in [-0.2, 0) is 6.54 Å². The molecule has 1 aromatic rings. The van der Waals surface area contributed by atoms with Crippen molar-refractivity contribution in [2.45, 2.75) is 25.4 Å². The standard InChI is InChI=1S/C17H24N2O4/c1-22-13-8-14(17(20)21)15(16(9-13)23-2)11-18-6-7-19-5-3-4-12(19)10-18/h8-9,12H,3-7,10-11H2,1-2H3,(H,20,21)/t12-/m0/s1. The van der Waals surface area contributed by atoms with Gasteiger partial charge in [0.25, 0.3) is 0 Å². The van der Waals surface area contributed by atoms with Gasteiger partial charge in [0.1, 0.15) is 11.5 Å². The van der Waals surface area contributed by atoms with Crippen molar-refractivity contribution < 1.29 is 19.4 Å². The van der Waals surface area contributed by atoms with Crippen molar-refractivity contribution in [3.05, 3.63) is 23.3 Å². The minimum atomic E-state index is -0.947. The Morgan fingerprint density at radius 2 is 2.09 bits per heavy atom. The van der Waals surface area contributed by atoms with Gasteiger partial charge in [0.2, 0.25) is 0 Å². The fraction of sp³-hybridized carbons (Fsp3) is 0.588. The number of rotatable bonds is 5. The lowest BCUT2D eigenvalue weighted by Crippen LogP contribution is -2.49. The van der Waals surface area contributed by atoms with Gasteiger partial charge in [-0.1, -0.05) is 0 Å². The first-order valence-corrected chi connectivity index (χ1v) is 8.07. The number of hydrogen-bond acceptors (Lipinski definition) is 5. The van der Waals surface area contributed by atoms with E-state index in [0.29, 0.717) is 24.1 Å². The Balaban J connectivity index is 1.84. The van der Waals surface area contributed by atoms with Crippen LogP contribution in [0.4, 0.5) is 0 Å². The highest BCUT2D eigenvalue weighted by Gasteiger charge is 2.31. The summed E-state index contributed by atoms with van der Waals surface area (Å²) in [7, 11) is 3.10. The summed E-state index contributed by atoms with van der Waals surface area (Å²) >= 11 is 0. The van der Waals surface area contributed by atoms with Gasteiger partial charge in [-0.05, 0) is 25.5 Å². The van der Waals surface area contributed by atoms with Crippen molar-refractivity contribution in [1.29, 1.82) is 0 Å². The van der Waals surface area contributed by atoms with Crippen LogP contribution in [0.2, 0.25) is 0 Å². The summed E-state index contributed by atoms with van der Waals surface area (Å²) in [5.74, 6) is 0.135. The molecule has 0 bridgehead atoms. The molecule has 6 heteroatoms. The minimum Gasteiger partial charge on any atom is -0.497 e. The second-order valence-corrected chi connectivity index (χ2v) is 6.23. The zero-order valence-electron chi connectivity index (χ0n) is 13.7. The predicted molar refractivity (Wildman–Crippen MR) is 86.4 cm³/mol. The quantitative estimate of drug-likeness (QED) is 0.891. The lowest BCUT2D eigenvalue weighted by atomic mass is 10.0. The molecule has 0 saturated carbocycles. The summed E-state index contributed by atoms with van der Waals surface area (Å²) < 4.78 is 10.6. The van der Waals surface area contributed by atoms with E-state index in [9.17, 15) is 9.90 Å². The minimum absolute atomic E-state index is 0.259. The Bertz CT molecular complexity index is 590. The molecule has 1 N–H and O–H groups in total. The van der Waals surface area contributed by atoms with Gasteiger partial charge >= 0.3 is 5.97 Å². The highest BCUT2D eigenvalue weighted by Crippen LogP contribution is 2.31. The third-order valence-electron chi connectivity index (χ3n) is 4.92. The molecule has 23 heavy (non-hydrogen) atoms. The van der Waals surface area contributed by atoms with Crippen molar-refractivity contribution in [2.75, 3.05) is 40.4 Å². The number of nitrogens with zero attached hydrogens (tertiary/aromatic N) is 2. The highest BCUT2D eigenvalue weighted by molar-refractivity contribution is 5.91. The first-order valence-electron chi connectivity index (χ1n) is 8.07. The molecule has 126 valence electrons. The van der Waals surface area contributed by atoms with Crippen LogP contribution in [0, 0.1) is 0 Å². The van der Waals surface area contributed by atoms with Crippen molar-refractivity contribution in [3.63, 3.8) is 0 Å². The van der Waals surface area contributed by atoms with Crippen LogP contribution in [0.15, 0.2) is 12.1 Å². The second-order valence-electron chi connectivity index (χ2n) is 6.23. The first kappa shape index (κ1) is 16.1. The van der Waals surface area contributed by atoms with E-state index in [4.69, 9.17) is 9.47 Å². The molecule has 0 radical (unpaired) electrons. The van der Waals surface area contributed by atoms with Crippen LogP contribution in [0.1, 0.15) is 28.8 Å². The van der Waals surface area contributed by atoms with Gasteiger partial charge < -0.3 is 14.6 Å². The Kier molecular flexibility index (Phi) is 4.73. The molecule has 6 nitrogen and oxygen atoms in total. The summed E-state index contributed by atoms with van der Waals surface area (Å²) in [6.07, 6.45) is 2.51. The molecule has 1 aromatic carbocycles. The average molecular weight is 320 g/mol. The average Bonchev–Trinajstić information content (AvgIpc) is 3.02. The van der Waals surface area contributed by atoms with Crippen molar-refractivity contribution in [2.24, 2.45) is 0 Å². The number of ether oxygens (including phenoxy) is 2. The SMILES string of the molecule is COc1cc(OC)c(CN2CCN3CCC[C@H]3C2)c(C(=O)O)c1. The normalized spacial score (nSPS) is 21.9. The first-order chi connectivity index (χ1) is 11.1. The molecule has 0 amide bonds. The van der Waals surface area contributed by atoms with E-state index in [1.165, 1.54) is 26.5 Å². The lowest BCUT2D eigenvalue weighted by Gasteiger charge is -2.37. The zero-order valence-corrected chi connectivity index (χ0v) is 13.7. The number of fused-ring (bicyclic) bond motifs is 1. The molecule has 0 aromatic heterocycles. The largest absolute Gasteiger partial charge is 0.497 e. The molecule has 2 saturated heterocycles. The highest BCUT2D eigenvalue weighted by atomic mass is 16.5. The van der Waals surface area contributed by atoms with Crippen LogP contribution in [0.25, 0.3) is 0 Å². The summed E-state index contributed by atoms with van der Waals surface area (Å²) in [6, 6.07) is 3.95. The maximum Gasteiger partial charge on any atom is 0.336 e. The van der Waals surface area contributed by atoms with E-state index in [1.807, 2.05) is 0 Å². The fourth-order valence-corrected chi connectivity index (χ4v) is 3.70. The molecular formula is C17H24N2O4. The van der Waals surface area contributed by atoms with Crippen LogP contribution in [0.3, 0.4) is 0 Å². The van der Waals surface area contributed by atoms with E-state index < -0.39 is 5.97 Å². The van der Waals surface area contributed by atoms with Crippen LogP contribution < -0.4 is 9.47 Å². The number of methoxy groups -OCH3 is 2. The van der Waals surface area contributed by atoms with E-state index in [0.717, 1.165) is 25.2 Å². The molecule has 0 unspecified atom stereocenters. The molecule has 1 atom stereocenters. The fourth-order valence-electron chi connectivity index (χ4n) is 3.70. The Labute approximate surface area is 136 Å². The molecule has 3 rings (SSSR count). The van der Waals surface area contributed by atoms with Crippen molar-refractivity contribution in [1.82, 2.24) is 9.80 Å². The van der Waals surface area contributed by atoms with Crippen LogP contribution in [-0.4, -0.2) is 67.3 Å². The van der Waals surface area contributed by atoms with Crippen molar-refractivity contribution >= 4 is 5.97 Å². The molecule has 2 heterocycles. The number of benzene rings is 1.